The van der Waals surface area contributed by atoms with E-state index < -0.39 is 26.5 Å². The molecule has 0 radical (unpaired) electrons. The Morgan fingerprint density at radius 2 is 1.23 bits per heavy atom. The molecular formula is C28H21Br2NO4. The maximum Gasteiger partial charge on any atom is 0.338 e. The highest BCUT2D eigenvalue weighted by Gasteiger charge is 2.72. The number of hydrogen-bond donors (Lipinski definition) is 0. The van der Waals surface area contributed by atoms with Crippen LogP contribution in [0.25, 0.3) is 0 Å². The van der Waals surface area contributed by atoms with E-state index in [1.165, 1.54) is 4.90 Å². The molecule has 2 amide bonds. The Kier molecular flexibility index (Phi) is 5.10. The molecule has 35 heavy (non-hydrogen) atoms. The van der Waals surface area contributed by atoms with Gasteiger partial charge >= 0.3 is 5.97 Å². The highest BCUT2D eigenvalue weighted by Crippen LogP contribution is 2.70. The van der Waals surface area contributed by atoms with E-state index in [1.807, 2.05) is 55.5 Å². The van der Waals surface area contributed by atoms with Crippen LogP contribution in [0.5, 0.6) is 0 Å². The lowest BCUT2D eigenvalue weighted by atomic mass is 9.54. The number of carbonyl (C=O) groups excluding carboxylic acids is 3. The van der Waals surface area contributed by atoms with Crippen LogP contribution in [-0.4, -0.2) is 24.4 Å². The van der Waals surface area contributed by atoms with Crippen molar-refractivity contribution in [3.8, 4) is 0 Å². The molecule has 3 aromatic carbocycles. The van der Waals surface area contributed by atoms with Crippen molar-refractivity contribution in [3.05, 3.63) is 101 Å². The van der Waals surface area contributed by atoms with Crippen LogP contribution < -0.4 is 4.90 Å². The molecule has 7 heteroatoms. The van der Waals surface area contributed by atoms with Crippen LogP contribution in [0.15, 0.2) is 72.8 Å². The van der Waals surface area contributed by atoms with Gasteiger partial charge in [-0.25, -0.2) is 9.69 Å². The van der Waals surface area contributed by atoms with E-state index >= 15 is 0 Å². The second kappa shape index (κ2) is 7.87. The molecule has 2 atom stereocenters. The minimum absolute atomic E-state index is 0.258. The third-order valence-corrected chi connectivity index (χ3v) is 10.1. The molecule has 1 saturated heterocycles. The van der Waals surface area contributed by atoms with Crippen molar-refractivity contribution in [2.24, 2.45) is 11.8 Å². The van der Waals surface area contributed by atoms with E-state index in [1.54, 1.807) is 24.3 Å². The van der Waals surface area contributed by atoms with Crippen LogP contribution in [0.3, 0.4) is 0 Å². The topological polar surface area (TPSA) is 63.7 Å². The zero-order valence-electron chi connectivity index (χ0n) is 18.8. The van der Waals surface area contributed by atoms with Gasteiger partial charge in [-0.05, 0) is 52.9 Å². The van der Waals surface area contributed by atoms with E-state index in [0.717, 1.165) is 28.7 Å². The lowest BCUT2D eigenvalue weighted by Crippen LogP contribution is -2.56. The molecule has 1 aliphatic heterocycles. The maximum absolute atomic E-state index is 14.0. The van der Waals surface area contributed by atoms with Crippen molar-refractivity contribution >= 4 is 55.3 Å². The molecular weight excluding hydrogens is 574 g/mol. The highest BCUT2D eigenvalue weighted by molar-refractivity contribution is 9.10. The summed E-state index contributed by atoms with van der Waals surface area (Å²) in [5, 5.41) is 0. The van der Waals surface area contributed by atoms with Crippen LogP contribution in [0.2, 0.25) is 0 Å². The Morgan fingerprint density at radius 3 is 1.63 bits per heavy atom. The Morgan fingerprint density at radius 1 is 0.800 bits per heavy atom. The van der Waals surface area contributed by atoms with Gasteiger partial charge in [-0.1, -0.05) is 87.3 Å². The molecule has 1 heterocycles. The smallest absolute Gasteiger partial charge is 0.338 e. The second-order valence-electron chi connectivity index (χ2n) is 9.16. The van der Waals surface area contributed by atoms with Crippen molar-refractivity contribution in [3.63, 3.8) is 0 Å². The van der Waals surface area contributed by atoms with E-state index in [0.29, 0.717) is 17.9 Å². The van der Waals surface area contributed by atoms with Crippen LogP contribution in [0.4, 0.5) is 5.69 Å². The summed E-state index contributed by atoms with van der Waals surface area (Å²) in [5.74, 6) is -2.20. The first-order valence-corrected chi connectivity index (χ1v) is 13.2. The van der Waals surface area contributed by atoms with Crippen LogP contribution >= 0.6 is 31.9 Å². The van der Waals surface area contributed by atoms with Crippen molar-refractivity contribution in [1.29, 1.82) is 0 Å². The number of halogens is 2. The molecule has 1 fully saturated rings. The SMILES string of the molecule is CCCOC(=O)c1ccc(N2C(=O)C3C(C2=O)C2(Br)c4ccccc4C3(Br)c3ccccc32)cc1. The summed E-state index contributed by atoms with van der Waals surface area (Å²) in [7, 11) is 0. The summed E-state index contributed by atoms with van der Waals surface area (Å²) in [6, 6.07) is 22.5. The number of amides is 2. The van der Waals surface area contributed by atoms with E-state index in [4.69, 9.17) is 4.74 Å². The minimum Gasteiger partial charge on any atom is -0.462 e. The first kappa shape index (κ1) is 22.7. The Bertz CT molecular complexity index is 1280. The summed E-state index contributed by atoms with van der Waals surface area (Å²) in [4.78, 5) is 41.6. The number of benzene rings is 3. The van der Waals surface area contributed by atoms with Crippen molar-refractivity contribution in [2.45, 2.75) is 22.0 Å². The molecule has 3 aromatic rings. The van der Waals surface area contributed by atoms with E-state index in [-0.39, 0.29) is 11.8 Å². The standard InChI is InChI=1S/C28H21Br2NO4/c1-2-15-35-26(34)16-11-13-17(14-12-16)31-24(32)22-23(25(31)33)28(30)19-8-4-3-7-18(19)27(22,29)20-9-5-6-10-21(20)28/h3-14,22-23H,2,15H2,1H3. The highest BCUT2D eigenvalue weighted by atomic mass is 79.9. The Hall–Kier alpha value is -2.77. The fraction of sp³-hybridized carbons (Fsp3) is 0.250. The average Bonchev–Trinajstić information content (AvgIpc) is 3.17. The molecule has 176 valence electrons. The summed E-state index contributed by atoms with van der Waals surface area (Å²) >= 11 is 8.00. The van der Waals surface area contributed by atoms with Gasteiger partial charge in [0.2, 0.25) is 11.8 Å². The summed E-state index contributed by atoms with van der Waals surface area (Å²) < 4.78 is 3.54. The predicted molar refractivity (Wildman–Crippen MR) is 139 cm³/mol. The van der Waals surface area contributed by atoms with Gasteiger partial charge in [0, 0.05) is 0 Å². The number of imide groups is 1. The number of ether oxygens (including phenoxy) is 1. The molecule has 0 saturated carbocycles. The Labute approximate surface area is 219 Å². The maximum atomic E-state index is 14.0. The number of alkyl halides is 2. The molecule has 5 nitrogen and oxygen atoms in total. The molecule has 3 aliphatic carbocycles. The van der Waals surface area contributed by atoms with E-state index in [9.17, 15) is 14.4 Å². The van der Waals surface area contributed by atoms with Gasteiger partial charge < -0.3 is 4.74 Å². The van der Waals surface area contributed by atoms with Gasteiger partial charge in [0.25, 0.3) is 0 Å². The number of hydrogen-bond acceptors (Lipinski definition) is 4. The zero-order chi connectivity index (χ0) is 24.5. The fourth-order valence-corrected chi connectivity index (χ4v) is 8.25. The first-order chi connectivity index (χ1) is 16.8. The quantitative estimate of drug-likeness (QED) is 0.222. The van der Waals surface area contributed by atoms with Gasteiger partial charge in [-0.3, -0.25) is 9.59 Å². The molecule has 4 aliphatic rings. The number of rotatable bonds is 4. The molecule has 2 bridgehead atoms. The Balaban J connectivity index is 1.47. The van der Waals surface area contributed by atoms with Gasteiger partial charge in [-0.2, -0.15) is 0 Å². The van der Waals surface area contributed by atoms with Gasteiger partial charge in [0.1, 0.15) is 0 Å². The van der Waals surface area contributed by atoms with Crippen LogP contribution in [0, 0.1) is 11.8 Å². The monoisotopic (exact) mass is 593 g/mol. The molecule has 0 spiro atoms. The molecule has 2 unspecified atom stereocenters. The fourth-order valence-electron chi connectivity index (χ4n) is 5.95. The largest absolute Gasteiger partial charge is 0.462 e. The normalized spacial score (nSPS) is 27.9. The third kappa shape index (κ3) is 2.82. The number of nitrogens with zero attached hydrogens (tertiary/aromatic N) is 1. The lowest BCUT2D eigenvalue weighted by Gasteiger charge is -2.55. The van der Waals surface area contributed by atoms with E-state index in [2.05, 4.69) is 31.9 Å². The average molecular weight is 595 g/mol. The van der Waals surface area contributed by atoms with Crippen molar-refractivity contribution in [1.82, 2.24) is 0 Å². The van der Waals surface area contributed by atoms with Gasteiger partial charge in [-0.15, -0.1) is 0 Å². The molecule has 0 aromatic heterocycles. The van der Waals surface area contributed by atoms with Crippen LogP contribution in [-0.2, 0) is 23.0 Å². The zero-order valence-corrected chi connectivity index (χ0v) is 22.0. The minimum atomic E-state index is -0.828. The lowest BCUT2D eigenvalue weighted by molar-refractivity contribution is -0.122. The number of anilines is 1. The van der Waals surface area contributed by atoms with Crippen molar-refractivity contribution in [2.75, 3.05) is 11.5 Å². The number of esters is 1. The predicted octanol–water partition coefficient (Wildman–Crippen LogP) is 5.66. The van der Waals surface area contributed by atoms with Crippen LogP contribution in [0.1, 0.15) is 46.0 Å². The third-order valence-electron chi connectivity index (χ3n) is 7.38. The summed E-state index contributed by atoms with van der Waals surface area (Å²) in [6.45, 7) is 2.27. The van der Waals surface area contributed by atoms with Crippen molar-refractivity contribution < 1.29 is 19.1 Å². The van der Waals surface area contributed by atoms with Gasteiger partial charge in [0.05, 0.1) is 38.3 Å². The summed E-state index contributed by atoms with van der Waals surface area (Å²) in [5.41, 5.74) is 4.80. The molecule has 7 rings (SSSR count). The molecule has 0 N–H and O–H groups in total. The number of carbonyl (C=O) groups is 3. The first-order valence-electron chi connectivity index (χ1n) is 11.6. The van der Waals surface area contributed by atoms with Gasteiger partial charge in [0.15, 0.2) is 0 Å². The summed E-state index contributed by atoms with van der Waals surface area (Å²) in [6.07, 6.45) is 0.733. The second-order valence-corrected chi connectivity index (χ2v) is 11.7.